The van der Waals surface area contributed by atoms with Gasteiger partial charge in [-0.1, -0.05) is 11.6 Å². The molecule has 0 fully saturated rings. The van der Waals surface area contributed by atoms with Crippen molar-refractivity contribution in [2.24, 2.45) is 0 Å². The molecule has 0 aromatic heterocycles. The summed E-state index contributed by atoms with van der Waals surface area (Å²) in [5.41, 5.74) is 3.22. The highest BCUT2D eigenvalue weighted by Gasteiger charge is 2.21. The van der Waals surface area contributed by atoms with E-state index in [-0.39, 0.29) is 10.8 Å². The third-order valence-electron chi connectivity index (χ3n) is 2.23. The minimum atomic E-state index is -0.0181. The van der Waals surface area contributed by atoms with Crippen LogP contribution in [0.5, 0.6) is 17.2 Å². The molecule has 0 amide bonds. The van der Waals surface area contributed by atoms with E-state index in [1.165, 1.54) is 7.11 Å². The van der Waals surface area contributed by atoms with Gasteiger partial charge in [0.25, 0.3) is 0 Å². The molecule has 2 N–H and O–H groups in total. The highest BCUT2D eigenvalue weighted by atomic mass is 35.5. The monoisotopic (exact) mass is 245 g/mol. The first-order valence-electron chi connectivity index (χ1n) is 4.80. The zero-order valence-corrected chi connectivity index (χ0v) is 9.50. The molecule has 88 valence electrons. The summed E-state index contributed by atoms with van der Waals surface area (Å²) >= 11 is 5.97. The van der Waals surface area contributed by atoms with E-state index in [0.29, 0.717) is 36.8 Å². The van der Waals surface area contributed by atoms with Crippen molar-refractivity contribution in [3.63, 3.8) is 0 Å². The van der Waals surface area contributed by atoms with Gasteiger partial charge in [0.15, 0.2) is 11.5 Å². The number of rotatable bonds is 3. The summed E-state index contributed by atoms with van der Waals surface area (Å²) in [7, 11) is 1.50. The van der Waals surface area contributed by atoms with Crippen molar-refractivity contribution in [3.8, 4) is 17.2 Å². The molecule has 2 rings (SSSR count). The molecule has 0 saturated heterocycles. The summed E-state index contributed by atoms with van der Waals surface area (Å²) in [6.45, 7) is 1.24. The van der Waals surface area contributed by atoms with Crippen molar-refractivity contribution in [3.05, 3.63) is 16.7 Å². The van der Waals surface area contributed by atoms with E-state index in [1.807, 2.05) is 0 Å². The number of fused-ring (bicyclic) bond motifs is 1. The molecule has 1 aromatic rings. The van der Waals surface area contributed by atoms with Crippen LogP contribution in [0.2, 0.25) is 5.02 Å². The highest BCUT2D eigenvalue weighted by Crippen LogP contribution is 2.44. The zero-order valence-electron chi connectivity index (χ0n) is 8.75. The minimum Gasteiger partial charge on any atom is -0.506 e. The predicted molar refractivity (Wildman–Crippen MR) is 58.0 cm³/mol. The lowest BCUT2D eigenvalue weighted by Gasteiger charge is -2.21. The molecule has 5 nitrogen and oxygen atoms in total. The SMILES string of the molecule is CONCc1cc2c(c(Cl)c1O)OCCO2. The fraction of sp³-hybridized carbons (Fsp3) is 0.400. The standard InChI is InChI=1S/C10H12ClNO4/c1-14-12-5-6-4-7-10(8(11)9(6)13)16-3-2-15-7/h4,12-13H,2-3,5H2,1H3. The van der Waals surface area contributed by atoms with Gasteiger partial charge in [-0.15, -0.1) is 0 Å². The van der Waals surface area contributed by atoms with Crippen LogP contribution in [-0.4, -0.2) is 25.4 Å². The topological polar surface area (TPSA) is 60.0 Å². The summed E-state index contributed by atoms with van der Waals surface area (Å²) < 4.78 is 10.7. The van der Waals surface area contributed by atoms with E-state index in [2.05, 4.69) is 5.48 Å². The van der Waals surface area contributed by atoms with Crippen LogP contribution in [0.3, 0.4) is 0 Å². The molecule has 0 radical (unpaired) electrons. The van der Waals surface area contributed by atoms with Gasteiger partial charge in [-0.3, -0.25) is 0 Å². The number of phenolic OH excluding ortho intramolecular Hbond substituents is 1. The zero-order chi connectivity index (χ0) is 11.5. The normalized spacial score (nSPS) is 13.9. The van der Waals surface area contributed by atoms with E-state index >= 15 is 0 Å². The first-order valence-corrected chi connectivity index (χ1v) is 5.17. The van der Waals surface area contributed by atoms with Crippen LogP contribution in [-0.2, 0) is 11.4 Å². The number of aromatic hydroxyl groups is 1. The third-order valence-corrected chi connectivity index (χ3v) is 2.59. The second-order valence-electron chi connectivity index (χ2n) is 3.25. The maximum atomic E-state index is 9.82. The van der Waals surface area contributed by atoms with Gasteiger partial charge in [0, 0.05) is 12.1 Å². The lowest BCUT2D eigenvalue weighted by atomic mass is 10.1. The molecule has 1 heterocycles. The van der Waals surface area contributed by atoms with Gasteiger partial charge in [0.1, 0.15) is 24.0 Å². The van der Waals surface area contributed by atoms with E-state index < -0.39 is 0 Å². The molecule has 1 aliphatic rings. The van der Waals surface area contributed by atoms with E-state index in [0.717, 1.165) is 0 Å². The predicted octanol–water partition coefficient (Wildman–Crippen LogP) is 1.47. The smallest absolute Gasteiger partial charge is 0.183 e. The summed E-state index contributed by atoms with van der Waals surface area (Å²) in [6.07, 6.45) is 0. The average molecular weight is 246 g/mol. The van der Waals surface area contributed by atoms with Crippen molar-refractivity contribution >= 4 is 11.6 Å². The summed E-state index contributed by atoms with van der Waals surface area (Å²) in [5.74, 6) is 0.920. The number of hydrogen-bond donors (Lipinski definition) is 2. The van der Waals surface area contributed by atoms with E-state index in [1.54, 1.807) is 6.07 Å². The first-order chi connectivity index (χ1) is 7.74. The molecule has 6 heteroatoms. The lowest BCUT2D eigenvalue weighted by Crippen LogP contribution is -2.17. The Hall–Kier alpha value is -1.17. The second-order valence-corrected chi connectivity index (χ2v) is 3.63. The van der Waals surface area contributed by atoms with Crippen LogP contribution in [0.4, 0.5) is 0 Å². The number of hydrogen-bond acceptors (Lipinski definition) is 5. The number of nitrogens with one attached hydrogen (secondary N) is 1. The number of ether oxygens (including phenoxy) is 2. The number of halogens is 1. The van der Waals surface area contributed by atoms with Gasteiger partial charge in [0.2, 0.25) is 0 Å². The Kier molecular flexibility index (Phi) is 3.38. The average Bonchev–Trinajstić information content (AvgIpc) is 2.32. The van der Waals surface area contributed by atoms with Crippen molar-refractivity contribution in [1.82, 2.24) is 5.48 Å². The van der Waals surface area contributed by atoms with Crippen LogP contribution in [0.15, 0.2) is 6.07 Å². The second kappa shape index (κ2) is 4.78. The fourth-order valence-electron chi connectivity index (χ4n) is 1.47. The van der Waals surface area contributed by atoms with E-state index in [4.69, 9.17) is 25.9 Å². The van der Waals surface area contributed by atoms with Gasteiger partial charge in [0.05, 0.1) is 7.11 Å². The summed E-state index contributed by atoms with van der Waals surface area (Å²) in [6, 6.07) is 1.68. The van der Waals surface area contributed by atoms with Crippen molar-refractivity contribution in [2.75, 3.05) is 20.3 Å². The van der Waals surface area contributed by atoms with Gasteiger partial charge < -0.3 is 19.4 Å². The minimum absolute atomic E-state index is 0.0181. The quantitative estimate of drug-likeness (QED) is 0.790. The molecule has 0 atom stereocenters. The van der Waals surface area contributed by atoms with E-state index in [9.17, 15) is 5.11 Å². The van der Waals surface area contributed by atoms with Gasteiger partial charge in [-0.25, -0.2) is 0 Å². The van der Waals surface area contributed by atoms with Gasteiger partial charge >= 0.3 is 0 Å². The van der Waals surface area contributed by atoms with Crippen molar-refractivity contribution < 1.29 is 19.4 Å². The Morgan fingerprint density at radius 1 is 1.50 bits per heavy atom. The third kappa shape index (κ3) is 2.02. The Bertz CT molecular complexity index is 397. The number of hydroxylamine groups is 1. The molecule has 0 saturated carbocycles. The van der Waals surface area contributed by atoms with Crippen LogP contribution in [0.25, 0.3) is 0 Å². The van der Waals surface area contributed by atoms with Crippen LogP contribution >= 0.6 is 11.6 Å². The Labute approximate surface area is 97.8 Å². The molecule has 0 unspecified atom stereocenters. The van der Waals surface area contributed by atoms with Crippen LogP contribution < -0.4 is 15.0 Å². The first kappa shape index (κ1) is 11.3. The van der Waals surface area contributed by atoms with Crippen molar-refractivity contribution in [2.45, 2.75) is 6.54 Å². The maximum Gasteiger partial charge on any atom is 0.183 e. The molecule has 0 aliphatic carbocycles. The molecule has 0 bridgehead atoms. The molecular weight excluding hydrogens is 234 g/mol. The lowest BCUT2D eigenvalue weighted by molar-refractivity contribution is 0.0859. The molecule has 0 spiro atoms. The van der Waals surface area contributed by atoms with Gasteiger partial charge in [-0.05, 0) is 6.07 Å². The number of benzene rings is 1. The molecular formula is C10H12ClNO4. The molecule has 1 aliphatic heterocycles. The summed E-state index contributed by atoms with van der Waals surface area (Å²) in [4.78, 5) is 4.71. The van der Waals surface area contributed by atoms with Gasteiger partial charge in [-0.2, -0.15) is 5.48 Å². The Balaban J connectivity index is 2.36. The highest BCUT2D eigenvalue weighted by molar-refractivity contribution is 6.33. The molecule has 1 aromatic carbocycles. The molecule has 16 heavy (non-hydrogen) atoms. The van der Waals surface area contributed by atoms with Crippen molar-refractivity contribution in [1.29, 1.82) is 0 Å². The number of phenols is 1. The maximum absolute atomic E-state index is 9.82. The van der Waals surface area contributed by atoms with Crippen LogP contribution in [0, 0.1) is 0 Å². The largest absolute Gasteiger partial charge is 0.506 e. The Morgan fingerprint density at radius 2 is 2.25 bits per heavy atom. The van der Waals surface area contributed by atoms with Crippen LogP contribution in [0.1, 0.15) is 5.56 Å². The summed E-state index contributed by atoms with van der Waals surface area (Å²) in [5, 5.41) is 9.99. The fourth-order valence-corrected chi connectivity index (χ4v) is 1.74. The Morgan fingerprint density at radius 3 is 3.00 bits per heavy atom.